The highest BCUT2D eigenvalue weighted by Crippen LogP contribution is 2.38. The summed E-state index contributed by atoms with van der Waals surface area (Å²) >= 11 is 0. The third-order valence-electron chi connectivity index (χ3n) is 14.3. The van der Waals surface area contributed by atoms with Crippen LogP contribution in [0.3, 0.4) is 0 Å². The summed E-state index contributed by atoms with van der Waals surface area (Å²) < 4.78 is 48.7. The number of urea groups is 2. The maximum absolute atomic E-state index is 14.7. The number of pyridine rings is 6. The van der Waals surface area contributed by atoms with Crippen molar-refractivity contribution in [3.63, 3.8) is 0 Å². The average molecular weight is 1300 g/mol. The van der Waals surface area contributed by atoms with Gasteiger partial charge in [-0.15, -0.1) is 0 Å². The Morgan fingerprint density at radius 1 is 0.448 bits per heavy atom. The van der Waals surface area contributed by atoms with Crippen molar-refractivity contribution < 1.29 is 32.3 Å². The summed E-state index contributed by atoms with van der Waals surface area (Å²) in [5.74, 6) is 1.21. The molecule has 484 valence electrons. The first-order valence-corrected chi connectivity index (χ1v) is 30.0. The fourth-order valence-corrected chi connectivity index (χ4v) is 9.88. The van der Waals surface area contributed by atoms with Gasteiger partial charge in [-0.05, 0) is 147 Å². The Labute approximate surface area is 545 Å². The first-order chi connectivity index (χ1) is 46.8. The zero-order valence-corrected chi connectivity index (χ0v) is 52.1. The molecule has 0 aliphatic carbocycles. The Morgan fingerprint density at radius 2 is 0.865 bits per heavy atom. The number of aromatic nitrogens is 14. The molecule has 0 aliphatic heterocycles. The zero-order chi connectivity index (χ0) is 67.1. The summed E-state index contributed by atoms with van der Waals surface area (Å²) in [5, 5.41) is 22.2. The summed E-state index contributed by atoms with van der Waals surface area (Å²) in [7, 11) is 3.59. The van der Waals surface area contributed by atoms with Crippen LogP contribution in [0, 0.1) is 17.5 Å². The van der Waals surface area contributed by atoms with Gasteiger partial charge in [-0.1, -0.05) is 6.07 Å². The van der Waals surface area contributed by atoms with Crippen LogP contribution in [0.5, 0.6) is 0 Å². The van der Waals surface area contributed by atoms with E-state index in [0.29, 0.717) is 80.9 Å². The van der Waals surface area contributed by atoms with E-state index in [1.54, 1.807) is 64.1 Å². The van der Waals surface area contributed by atoms with Gasteiger partial charge >= 0.3 is 18.2 Å². The number of halogens is 3. The molecule has 96 heavy (non-hydrogen) atoms. The van der Waals surface area contributed by atoms with Crippen molar-refractivity contribution in [3.05, 3.63) is 188 Å². The van der Waals surface area contributed by atoms with Crippen molar-refractivity contribution in [3.8, 4) is 67.2 Å². The number of fused-ring (bicyclic) bond motifs is 3. The average Bonchev–Trinajstić information content (AvgIpc) is 1.59. The minimum absolute atomic E-state index is 0.148. The normalized spacial score (nSPS) is 10.8. The molecule has 0 aliphatic rings. The van der Waals surface area contributed by atoms with Crippen LogP contribution >= 0.6 is 0 Å². The van der Waals surface area contributed by atoms with Gasteiger partial charge in [-0.2, -0.15) is 0 Å². The SMILES string of the molecule is CCNC(=O)Nc1nc2c(-c3ncccc3F)cc(-c3ccc(NC)nc3)cc2[nH]1.CCNC(=O)Nc1nc2c(-c3ncccc3F)cc(-c3cnc(NCc4ccccn4)nc3)cc2[nH]1.CCOC(=O)Nc1nc2c(-c3ncccc3F)cc(-c3ccc(NC)nc3)cc2[nH]1. The van der Waals surface area contributed by atoms with E-state index < -0.39 is 29.6 Å². The molecule has 13 rings (SSSR count). The van der Waals surface area contributed by atoms with Crippen molar-refractivity contribution >= 4 is 86.7 Å². The van der Waals surface area contributed by atoms with Gasteiger partial charge in [0.2, 0.25) is 23.8 Å². The van der Waals surface area contributed by atoms with E-state index in [1.807, 2.05) is 80.6 Å². The van der Waals surface area contributed by atoms with Crippen LogP contribution < -0.4 is 42.5 Å². The van der Waals surface area contributed by atoms with Gasteiger partial charge in [0.15, 0.2) is 0 Å². The lowest BCUT2D eigenvalue weighted by Gasteiger charge is -2.08. The number of nitrogens with one attached hydrogen (secondary N) is 11. The Balaban J connectivity index is 0.000000147. The Morgan fingerprint density at radius 3 is 1.24 bits per heavy atom. The molecule has 5 amide bonds. The molecular formula is C67H61F3N22O4. The summed E-state index contributed by atoms with van der Waals surface area (Å²) in [4.78, 5) is 92.6. The predicted octanol–water partition coefficient (Wildman–Crippen LogP) is 12.8. The fraction of sp³-hybridized carbons (Fsp3) is 0.134. The van der Waals surface area contributed by atoms with Gasteiger partial charge in [-0.25, -0.2) is 62.4 Å². The van der Waals surface area contributed by atoms with Crippen molar-refractivity contribution in [1.82, 2.24) is 80.4 Å². The van der Waals surface area contributed by atoms with Gasteiger partial charge in [0.25, 0.3) is 0 Å². The highest BCUT2D eigenvalue weighted by Gasteiger charge is 2.21. The molecular weight excluding hydrogens is 1230 g/mol. The van der Waals surface area contributed by atoms with E-state index in [9.17, 15) is 27.6 Å². The van der Waals surface area contributed by atoms with Crippen LogP contribution in [0.25, 0.3) is 100 Å². The van der Waals surface area contributed by atoms with Gasteiger partial charge < -0.3 is 46.3 Å². The number of imidazole rings is 3. The van der Waals surface area contributed by atoms with E-state index >= 15 is 0 Å². The molecule has 29 heteroatoms. The first kappa shape index (κ1) is 64.6. The second-order valence-electron chi connectivity index (χ2n) is 20.7. The minimum Gasteiger partial charge on any atom is -0.450 e. The molecule has 3 aromatic carbocycles. The molecule has 0 unspecified atom stereocenters. The number of hydrogen-bond acceptors (Lipinski definition) is 18. The minimum atomic E-state index is -0.630. The number of carbonyl (C=O) groups is 3. The molecule has 0 saturated heterocycles. The van der Waals surface area contributed by atoms with Crippen LogP contribution in [-0.2, 0) is 11.3 Å². The summed E-state index contributed by atoms with van der Waals surface area (Å²) in [6.45, 7) is 7.01. The number of amides is 5. The maximum Gasteiger partial charge on any atom is 0.413 e. The van der Waals surface area contributed by atoms with Crippen molar-refractivity contribution in [2.75, 3.05) is 65.7 Å². The number of aromatic amines is 3. The molecule has 0 spiro atoms. The number of hydrogen-bond donors (Lipinski definition) is 11. The predicted molar refractivity (Wildman–Crippen MR) is 362 cm³/mol. The molecule has 26 nitrogen and oxygen atoms in total. The first-order valence-electron chi connectivity index (χ1n) is 30.0. The lowest BCUT2D eigenvalue weighted by Crippen LogP contribution is -2.28. The molecule has 10 aromatic heterocycles. The van der Waals surface area contributed by atoms with Crippen LogP contribution in [0.2, 0.25) is 0 Å². The van der Waals surface area contributed by atoms with Crippen LogP contribution in [0.4, 0.5) is 63.0 Å². The van der Waals surface area contributed by atoms with E-state index in [2.05, 4.69) is 112 Å². The monoisotopic (exact) mass is 1290 g/mol. The zero-order valence-electron chi connectivity index (χ0n) is 52.1. The summed E-state index contributed by atoms with van der Waals surface area (Å²) in [6, 6.07) is 32.0. The summed E-state index contributed by atoms with van der Waals surface area (Å²) in [5.41, 5.74) is 10.9. The van der Waals surface area contributed by atoms with E-state index in [1.165, 1.54) is 55.0 Å². The van der Waals surface area contributed by atoms with Gasteiger partial charge in [0.05, 0.1) is 35.4 Å². The molecule has 10 heterocycles. The number of H-pyrrole nitrogens is 3. The van der Waals surface area contributed by atoms with Crippen molar-refractivity contribution in [2.45, 2.75) is 27.3 Å². The van der Waals surface area contributed by atoms with Gasteiger partial charge in [-0.3, -0.25) is 35.9 Å². The number of rotatable bonds is 17. The molecule has 0 radical (unpaired) electrons. The van der Waals surface area contributed by atoms with Crippen molar-refractivity contribution in [2.24, 2.45) is 0 Å². The molecule has 0 fully saturated rings. The highest BCUT2D eigenvalue weighted by atomic mass is 19.1. The third-order valence-corrected chi connectivity index (χ3v) is 14.3. The standard InChI is InChI=1S/C25H22FN9O.C21H20FN7O.C21H19FN6O2/c1-2-27-25(36)35-24-33-20-11-15(10-18(22(20)34-24)21-19(26)7-5-9-29-21)16-12-30-23(31-13-16)32-14-17-6-3-4-8-28-17;1-3-24-21(30)29-20-27-16-10-13(12-6-7-17(23-2)26-11-12)9-14(19(16)28-20)18-15(22)5-4-8-25-18;1-3-30-21(29)28-20-26-16-10-13(12-6-7-17(23-2)25-11-12)9-14(19(16)27-20)18-15(22)5-4-8-24-18/h3-13H,2,14H2,1H3,(H,30,31,32)(H3,27,33,34,35,36);4-11H,3H2,1-2H3,(H,23,26)(H3,24,27,28,29,30);4-11H,3H2,1-2H3,(H,23,25)(H2,26,27,28,29). The molecule has 13 aromatic rings. The van der Waals surface area contributed by atoms with Crippen molar-refractivity contribution in [1.29, 1.82) is 0 Å². The lowest BCUT2D eigenvalue weighted by atomic mass is 10.0. The maximum atomic E-state index is 14.7. The Kier molecular flexibility index (Phi) is 20.2. The Bertz CT molecular complexity index is 4690. The van der Waals surface area contributed by atoms with Gasteiger partial charge in [0, 0.05) is 110 Å². The fourth-order valence-electron chi connectivity index (χ4n) is 9.88. The van der Waals surface area contributed by atoms with Crippen LogP contribution in [0.15, 0.2) is 165 Å². The highest BCUT2D eigenvalue weighted by molar-refractivity contribution is 6.01. The smallest absolute Gasteiger partial charge is 0.413 e. The largest absolute Gasteiger partial charge is 0.450 e. The number of anilines is 6. The van der Waals surface area contributed by atoms with Crippen LogP contribution in [0.1, 0.15) is 26.5 Å². The van der Waals surface area contributed by atoms with E-state index in [4.69, 9.17) is 4.74 Å². The summed E-state index contributed by atoms with van der Waals surface area (Å²) in [6.07, 6.45) is 12.5. The molecule has 0 bridgehead atoms. The molecule has 0 saturated carbocycles. The van der Waals surface area contributed by atoms with E-state index in [-0.39, 0.29) is 47.6 Å². The van der Waals surface area contributed by atoms with E-state index in [0.717, 1.165) is 45.1 Å². The third kappa shape index (κ3) is 15.3. The quantitative estimate of drug-likeness (QED) is 0.0403. The second-order valence-corrected chi connectivity index (χ2v) is 20.7. The molecule has 0 atom stereocenters. The topological polar surface area (TPSA) is 346 Å². The number of nitrogens with zero attached hydrogens (tertiary/aromatic N) is 11. The number of ether oxygens (including phenoxy) is 1. The van der Waals surface area contributed by atoms with Gasteiger partial charge in [0.1, 0.15) is 62.7 Å². The Hall–Kier alpha value is -13.0. The number of benzene rings is 3. The molecule has 11 N–H and O–H groups in total. The lowest BCUT2D eigenvalue weighted by molar-refractivity contribution is 0.167. The number of carbonyl (C=O) groups excluding carboxylic acids is 3. The van der Waals surface area contributed by atoms with Crippen LogP contribution in [-0.4, -0.2) is 122 Å². The second kappa shape index (κ2) is 30.0.